The monoisotopic (exact) mass is 250 g/mol. The molecule has 0 saturated heterocycles. The molecule has 0 nitrogen and oxygen atoms in total. The molecule has 0 heterocycles. The Bertz CT molecular complexity index is 369. The third-order valence-electron chi connectivity index (χ3n) is 2.15. The molecule has 1 atom stereocenters. The molecule has 1 heteroatoms. The first-order valence-corrected chi connectivity index (χ1v) is 5.60. The van der Waals surface area contributed by atoms with Gasteiger partial charge in [0.05, 0.1) is 0 Å². The summed E-state index contributed by atoms with van der Waals surface area (Å²) in [6.45, 7) is 6.17. The SMILES string of the molecule is CC#CC(C)Cc1ccc(Br)c(C)c1. The number of benzene rings is 1. The van der Waals surface area contributed by atoms with Gasteiger partial charge in [-0.25, -0.2) is 0 Å². The lowest BCUT2D eigenvalue weighted by Gasteiger charge is -2.06. The maximum absolute atomic E-state index is 3.50. The van der Waals surface area contributed by atoms with Crippen molar-refractivity contribution in [1.29, 1.82) is 0 Å². The van der Waals surface area contributed by atoms with Crippen molar-refractivity contribution >= 4 is 15.9 Å². The molecule has 0 fully saturated rings. The first kappa shape index (κ1) is 11.3. The predicted molar refractivity (Wildman–Crippen MR) is 65.2 cm³/mol. The summed E-state index contributed by atoms with van der Waals surface area (Å²) in [4.78, 5) is 0. The van der Waals surface area contributed by atoms with E-state index in [2.05, 4.69) is 59.8 Å². The van der Waals surface area contributed by atoms with E-state index in [-0.39, 0.29) is 0 Å². The lowest BCUT2D eigenvalue weighted by atomic mass is 10.0. The van der Waals surface area contributed by atoms with E-state index in [9.17, 15) is 0 Å². The molecule has 1 unspecified atom stereocenters. The Kier molecular flexibility index (Phi) is 4.22. The van der Waals surface area contributed by atoms with Gasteiger partial charge in [-0.3, -0.25) is 0 Å². The van der Waals surface area contributed by atoms with Crippen LogP contribution in [0, 0.1) is 24.7 Å². The van der Waals surface area contributed by atoms with Crippen LogP contribution in [0.1, 0.15) is 25.0 Å². The molecule has 1 aromatic rings. The van der Waals surface area contributed by atoms with Gasteiger partial charge in [0.2, 0.25) is 0 Å². The molecule has 1 rings (SSSR count). The molecule has 0 amide bonds. The Hall–Kier alpha value is -0.740. The summed E-state index contributed by atoms with van der Waals surface area (Å²) < 4.78 is 1.18. The molecule has 0 spiro atoms. The van der Waals surface area contributed by atoms with Crippen LogP contribution in [0.2, 0.25) is 0 Å². The zero-order chi connectivity index (χ0) is 10.6. The molecule has 1 aromatic carbocycles. The van der Waals surface area contributed by atoms with Crippen LogP contribution in [0.5, 0.6) is 0 Å². The van der Waals surface area contributed by atoms with Crippen LogP contribution in [0.15, 0.2) is 22.7 Å². The summed E-state index contributed by atoms with van der Waals surface area (Å²) in [5.41, 5.74) is 2.65. The summed E-state index contributed by atoms with van der Waals surface area (Å²) in [7, 11) is 0. The zero-order valence-electron chi connectivity index (χ0n) is 8.89. The van der Waals surface area contributed by atoms with Crippen molar-refractivity contribution in [2.75, 3.05) is 0 Å². The van der Waals surface area contributed by atoms with Crippen LogP contribution in [-0.2, 0) is 6.42 Å². The van der Waals surface area contributed by atoms with Crippen LogP contribution < -0.4 is 0 Å². The number of halogens is 1. The van der Waals surface area contributed by atoms with Gasteiger partial charge in [-0.2, -0.15) is 0 Å². The van der Waals surface area contributed by atoms with Crippen molar-refractivity contribution in [3.63, 3.8) is 0 Å². The lowest BCUT2D eigenvalue weighted by Crippen LogP contribution is -1.96. The Morgan fingerprint density at radius 3 is 2.71 bits per heavy atom. The minimum atomic E-state index is 0.445. The topological polar surface area (TPSA) is 0 Å². The normalized spacial score (nSPS) is 11.7. The van der Waals surface area contributed by atoms with Crippen molar-refractivity contribution < 1.29 is 0 Å². The van der Waals surface area contributed by atoms with Crippen LogP contribution >= 0.6 is 15.9 Å². The van der Waals surface area contributed by atoms with Crippen LogP contribution in [0.3, 0.4) is 0 Å². The highest BCUT2D eigenvalue weighted by molar-refractivity contribution is 9.10. The van der Waals surface area contributed by atoms with Gasteiger partial charge in [0, 0.05) is 10.4 Å². The molecular formula is C13H15Br. The maximum Gasteiger partial charge on any atom is 0.0214 e. The first-order valence-electron chi connectivity index (χ1n) is 4.80. The third-order valence-corrected chi connectivity index (χ3v) is 3.04. The van der Waals surface area contributed by atoms with E-state index in [1.54, 1.807) is 0 Å². The quantitative estimate of drug-likeness (QED) is 0.698. The molecule has 0 aromatic heterocycles. The standard InChI is InChI=1S/C13H15Br/c1-4-5-10(2)8-12-6-7-13(14)11(3)9-12/h6-7,9-10H,8H2,1-3H3. The Morgan fingerprint density at radius 2 is 2.14 bits per heavy atom. The predicted octanol–water partition coefficient (Wildman–Crippen LogP) is 3.96. The van der Waals surface area contributed by atoms with Crippen LogP contribution in [0.25, 0.3) is 0 Å². The molecule has 0 aliphatic carbocycles. The summed E-state index contributed by atoms with van der Waals surface area (Å²) in [6.07, 6.45) is 1.04. The minimum Gasteiger partial charge on any atom is -0.106 e. The Labute approximate surface area is 94.9 Å². The molecule has 0 aliphatic heterocycles. The summed E-state index contributed by atoms with van der Waals surface area (Å²) in [5.74, 6) is 6.57. The van der Waals surface area contributed by atoms with E-state index in [4.69, 9.17) is 0 Å². The van der Waals surface area contributed by atoms with Gasteiger partial charge in [-0.1, -0.05) is 35.0 Å². The lowest BCUT2D eigenvalue weighted by molar-refractivity contribution is 0.749. The maximum atomic E-state index is 3.50. The highest BCUT2D eigenvalue weighted by atomic mass is 79.9. The van der Waals surface area contributed by atoms with E-state index >= 15 is 0 Å². The Morgan fingerprint density at radius 1 is 1.43 bits per heavy atom. The fraction of sp³-hybridized carbons (Fsp3) is 0.385. The molecule has 74 valence electrons. The fourth-order valence-corrected chi connectivity index (χ4v) is 1.73. The summed E-state index contributed by atoms with van der Waals surface area (Å²) in [5, 5.41) is 0. The number of hydrogen-bond donors (Lipinski definition) is 0. The summed E-state index contributed by atoms with van der Waals surface area (Å²) >= 11 is 3.50. The highest BCUT2D eigenvalue weighted by Gasteiger charge is 2.01. The third kappa shape index (κ3) is 3.20. The van der Waals surface area contributed by atoms with Crippen molar-refractivity contribution in [3.05, 3.63) is 33.8 Å². The van der Waals surface area contributed by atoms with Crippen LogP contribution in [-0.4, -0.2) is 0 Å². The molecule has 14 heavy (non-hydrogen) atoms. The van der Waals surface area contributed by atoms with Gasteiger partial charge in [-0.05, 0) is 37.5 Å². The number of hydrogen-bond acceptors (Lipinski definition) is 0. The summed E-state index contributed by atoms with van der Waals surface area (Å²) in [6, 6.07) is 6.49. The Balaban J connectivity index is 2.76. The second kappa shape index (κ2) is 5.22. The van der Waals surface area contributed by atoms with Gasteiger partial charge in [-0.15, -0.1) is 11.8 Å². The van der Waals surface area contributed by atoms with Crippen molar-refractivity contribution in [2.45, 2.75) is 27.2 Å². The van der Waals surface area contributed by atoms with E-state index in [1.807, 2.05) is 6.92 Å². The second-order valence-electron chi connectivity index (χ2n) is 3.58. The molecule has 0 aliphatic rings. The average Bonchev–Trinajstić information content (AvgIpc) is 2.12. The van der Waals surface area contributed by atoms with Gasteiger partial charge < -0.3 is 0 Å². The number of aryl methyl sites for hydroxylation is 1. The largest absolute Gasteiger partial charge is 0.106 e. The van der Waals surface area contributed by atoms with Gasteiger partial charge in [0.1, 0.15) is 0 Å². The van der Waals surface area contributed by atoms with E-state index in [0.717, 1.165) is 6.42 Å². The average molecular weight is 251 g/mol. The van der Waals surface area contributed by atoms with Crippen molar-refractivity contribution in [1.82, 2.24) is 0 Å². The van der Waals surface area contributed by atoms with Gasteiger partial charge in [0.25, 0.3) is 0 Å². The molecular weight excluding hydrogens is 236 g/mol. The van der Waals surface area contributed by atoms with E-state index in [0.29, 0.717) is 5.92 Å². The molecule has 0 saturated carbocycles. The highest BCUT2D eigenvalue weighted by Crippen LogP contribution is 2.18. The van der Waals surface area contributed by atoms with Crippen molar-refractivity contribution in [2.24, 2.45) is 5.92 Å². The minimum absolute atomic E-state index is 0.445. The molecule has 0 N–H and O–H groups in total. The fourth-order valence-electron chi connectivity index (χ4n) is 1.48. The van der Waals surface area contributed by atoms with Gasteiger partial charge >= 0.3 is 0 Å². The zero-order valence-corrected chi connectivity index (χ0v) is 10.5. The van der Waals surface area contributed by atoms with E-state index in [1.165, 1.54) is 15.6 Å². The second-order valence-corrected chi connectivity index (χ2v) is 4.44. The number of rotatable bonds is 2. The molecule has 0 radical (unpaired) electrons. The molecule has 0 bridgehead atoms. The van der Waals surface area contributed by atoms with Gasteiger partial charge in [0.15, 0.2) is 0 Å². The van der Waals surface area contributed by atoms with E-state index < -0.39 is 0 Å². The van der Waals surface area contributed by atoms with Crippen molar-refractivity contribution in [3.8, 4) is 11.8 Å². The smallest absolute Gasteiger partial charge is 0.0214 e. The van der Waals surface area contributed by atoms with Crippen LogP contribution in [0.4, 0.5) is 0 Å². The first-order chi connectivity index (χ1) is 6.63.